The minimum absolute atomic E-state index is 0.152. The lowest BCUT2D eigenvalue weighted by atomic mass is 9.95. The van der Waals surface area contributed by atoms with E-state index in [-0.39, 0.29) is 5.97 Å². The zero-order chi connectivity index (χ0) is 15.8. The first-order chi connectivity index (χ1) is 9.26. The van der Waals surface area contributed by atoms with E-state index in [4.69, 9.17) is 4.74 Å². The molecule has 4 heteroatoms. The quantitative estimate of drug-likeness (QED) is 0.627. The molecule has 0 bridgehead atoms. The van der Waals surface area contributed by atoms with Gasteiger partial charge < -0.3 is 15.0 Å². The summed E-state index contributed by atoms with van der Waals surface area (Å²) in [5, 5.41) is 3.11. The van der Waals surface area contributed by atoms with Gasteiger partial charge >= 0.3 is 5.97 Å². The van der Waals surface area contributed by atoms with Crippen LogP contribution < -0.4 is 5.32 Å². The number of hydrogen-bond donors (Lipinski definition) is 1. The van der Waals surface area contributed by atoms with E-state index in [2.05, 4.69) is 38.0 Å². The summed E-state index contributed by atoms with van der Waals surface area (Å²) in [6.45, 7) is 12.0. The molecule has 0 saturated heterocycles. The summed E-state index contributed by atoms with van der Waals surface area (Å²) in [6.07, 6.45) is 2.98. The maximum absolute atomic E-state index is 12.0. The van der Waals surface area contributed by atoms with Gasteiger partial charge in [-0.3, -0.25) is 4.79 Å². The summed E-state index contributed by atoms with van der Waals surface area (Å²) in [6, 6.07) is 0.582. The van der Waals surface area contributed by atoms with Gasteiger partial charge in [-0.15, -0.1) is 0 Å². The van der Waals surface area contributed by atoms with Crippen LogP contribution in [0, 0.1) is 5.92 Å². The van der Waals surface area contributed by atoms with E-state index in [9.17, 15) is 4.79 Å². The molecular weight excluding hydrogens is 252 g/mol. The minimum atomic E-state index is -0.571. The highest BCUT2D eigenvalue weighted by molar-refractivity contribution is 5.80. The van der Waals surface area contributed by atoms with Crippen LogP contribution in [0.1, 0.15) is 53.9 Å². The minimum Gasteiger partial charge on any atom is -0.465 e. The van der Waals surface area contributed by atoms with Crippen molar-refractivity contribution in [1.82, 2.24) is 10.2 Å². The van der Waals surface area contributed by atoms with Crippen LogP contribution in [-0.2, 0) is 9.53 Å². The van der Waals surface area contributed by atoms with Crippen LogP contribution in [0.15, 0.2) is 0 Å². The van der Waals surface area contributed by atoms with E-state index < -0.39 is 5.54 Å². The predicted molar refractivity (Wildman–Crippen MR) is 84.9 cm³/mol. The lowest BCUT2D eigenvalue weighted by molar-refractivity contribution is -0.150. The lowest BCUT2D eigenvalue weighted by Crippen LogP contribution is -2.49. The van der Waals surface area contributed by atoms with Crippen LogP contribution in [0.3, 0.4) is 0 Å². The molecule has 2 unspecified atom stereocenters. The normalized spacial score (nSPS) is 16.2. The number of carbonyl (C=O) groups is 1. The van der Waals surface area contributed by atoms with Crippen LogP contribution in [0.5, 0.6) is 0 Å². The monoisotopic (exact) mass is 286 g/mol. The Kier molecular flexibility index (Phi) is 9.06. The van der Waals surface area contributed by atoms with Crippen LogP contribution in [0.25, 0.3) is 0 Å². The van der Waals surface area contributed by atoms with Gasteiger partial charge in [0.05, 0.1) is 6.61 Å². The molecule has 0 rings (SSSR count). The topological polar surface area (TPSA) is 41.6 Å². The maximum atomic E-state index is 12.0. The van der Waals surface area contributed by atoms with E-state index in [1.165, 1.54) is 6.42 Å². The van der Waals surface area contributed by atoms with Gasteiger partial charge in [0.25, 0.3) is 0 Å². The highest BCUT2D eigenvalue weighted by atomic mass is 16.5. The Balaban J connectivity index is 4.22. The molecule has 20 heavy (non-hydrogen) atoms. The first-order valence-corrected chi connectivity index (χ1v) is 7.83. The van der Waals surface area contributed by atoms with Gasteiger partial charge in [-0.25, -0.2) is 0 Å². The maximum Gasteiger partial charge on any atom is 0.326 e. The second-order valence-electron chi connectivity index (χ2n) is 6.37. The van der Waals surface area contributed by atoms with Crippen molar-refractivity contribution in [2.45, 2.75) is 65.5 Å². The third-order valence-corrected chi connectivity index (χ3v) is 4.03. The Bertz CT molecular complexity index is 282. The molecule has 1 N–H and O–H groups in total. The largest absolute Gasteiger partial charge is 0.465 e. The highest BCUT2D eigenvalue weighted by Crippen LogP contribution is 2.16. The van der Waals surface area contributed by atoms with Gasteiger partial charge in [0.2, 0.25) is 0 Å². The van der Waals surface area contributed by atoms with Crippen molar-refractivity contribution in [2.75, 3.05) is 27.2 Å². The molecule has 0 saturated carbocycles. The summed E-state index contributed by atoms with van der Waals surface area (Å²) in [5.41, 5.74) is -0.571. The lowest BCUT2D eigenvalue weighted by Gasteiger charge is -2.30. The van der Waals surface area contributed by atoms with E-state index in [1.807, 2.05) is 20.9 Å². The molecule has 120 valence electrons. The van der Waals surface area contributed by atoms with Crippen molar-refractivity contribution >= 4 is 5.97 Å². The fourth-order valence-electron chi connectivity index (χ4n) is 2.38. The number of nitrogens with one attached hydrogen (secondary N) is 1. The van der Waals surface area contributed by atoms with E-state index in [1.54, 1.807) is 0 Å². The zero-order valence-corrected chi connectivity index (χ0v) is 14.5. The van der Waals surface area contributed by atoms with Crippen LogP contribution in [0.4, 0.5) is 0 Å². The molecular formula is C16H34N2O2. The van der Waals surface area contributed by atoms with Crippen molar-refractivity contribution < 1.29 is 9.53 Å². The molecule has 0 radical (unpaired) electrons. The van der Waals surface area contributed by atoms with Crippen molar-refractivity contribution in [3.63, 3.8) is 0 Å². The molecule has 2 atom stereocenters. The molecule has 0 aliphatic heterocycles. The standard InChI is InChI=1S/C16H34N2O2/c1-8-20-15(19)16(5,17-6)10-9-11-18(7)14(4)12-13(2)3/h13-14,17H,8-12H2,1-7H3. The Morgan fingerprint density at radius 3 is 2.40 bits per heavy atom. The fraction of sp³-hybridized carbons (Fsp3) is 0.938. The van der Waals surface area contributed by atoms with Crippen LogP contribution in [0.2, 0.25) is 0 Å². The number of esters is 1. The highest BCUT2D eigenvalue weighted by Gasteiger charge is 2.32. The third kappa shape index (κ3) is 6.71. The summed E-state index contributed by atoms with van der Waals surface area (Å²) < 4.78 is 5.14. The summed E-state index contributed by atoms with van der Waals surface area (Å²) in [7, 11) is 3.98. The first-order valence-electron chi connectivity index (χ1n) is 7.83. The SMILES string of the molecule is CCOC(=O)C(C)(CCCN(C)C(C)CC(C)C)NC. The Hall–Kier alpha value is -0.610. The first kappa shape index (κ1) is 19.4. The number of likely N-dealkylation sites (N-methyl/N-ethyl adjacent to an activating group) is 1. The van der Waals surface area contributed by atoms with Crippen molar-refractivity contribution in [3.05, 3.63) is 0 Å². The summed E-state index contributed by atoms with van der Waals surface area (Å²) in [5.74, 6) is 0.565. The molecule has 0 amide bonds. The van der Waals surface area contributed by atoms with Crippen LogP contribution in [-0.4, -0.2) is 49.7 Å². The molecule has 0 aliphatic carbocycles. The Morgan fingerprint density at radius 1 is 1.35 bits per heavy atom. The molecule has 0 heterocycles. The number of rotatable bonds is 10. The zero-order valence-electron chi connectivity index (χ0n) is 14.5. The van der Waals surface area contributed by atoms with Crippen molar-refractivity contribution in [3.8, 4) is 0 Å². The average Bonchev–Trinajstić information content (AvgIpc) is 2.37. The smallest absolute Gasteiger partial charge is 0.326 e. The second-order valence-corrected chi connectivity index (χ2v) is 6.37. The van der Waals surface area contributed by atoms with E-state index in [0.29, 0.717) is 12.6 Å². The molecule has 0 fully saturated rings. The third-order valence-electron chi connectivity index (χ3n) is 4.03. The summed E-state index contributed by atoms with van der Waals surface area (Å²) >= 11 is 0. The molecule has 0 spiro atoms. The average molecular weight is 286 g/mol. The Morgan fingerprint density at radius 2 is 1.95 bits per heavy atom. The predicted octanol–water partition coefficient (Wildman–Crippen LogP) is 2.67. The number of nitrogens with zero attached hydrogens (tertiary/aromatic N) is 1. The molecule has 0 aromatic heterocycles. The van der Waals surface area contributed by atoms with Gasteiger partial charge in [-0.2, -0.15) is 0 Å². The van der Waals surface area contributed by atoms with Crippen molar-refractivity contribution in [1.29, 1.82) is 0 Å². The van der Waals surface area contributed by atoms with Gasteiger partial charge in [0, 0.05) is 6.04 Å². The molecule has 0 aromatic rings. The Labute approximate surface area is 125 Å². The molecule has 0 aromatic carbocycles. The van der Waals surface area contributed by atoms with Gasteiger partial charge in [-0.1, -0.05) is 13.8 Å². The van der Waals surface area contributed by atoms with Crippen LogP contribution >= 0.6 is 0 Å². The molecule has 4 nitrogen and oxygen atoms in total. The van der Waals surface area contributed by atoms with E-state index >= 15 is 0 Å². The van der Waals surface area contributed by atoms with Gasteiger partial charge in [-0.05, 0) is 66.6 Å². The van der Waals surface area contributed by atoms with Crippen molar-refractivity contribution in [2.24, 2.45) is 5.92 Å². The van der Waals surface area contributed by atoms with Gasteiger partial charge in [0.1, 0.15) is 5.54 Å². The van der Waals surface area contributed by atoms with Gasteiger partial charge in [0.15, 0.2) is 0 Å². The van der Waals surface area contributed by atoms with E-state index in [0.717, 1.165) is 25.3 Å². The summed E-state index contributed by atoms with van der Waals surface area (Å²) in [4.78, 5) is 14.3. The second kappa shape index (κ2) is 9.35. The number of hydrogen-bond acceptors (Lipinski definition) is 4. The number of ether oxygens (including phenoxy) is 1. The number of carbonyl (C=O) groups excluding carboxylic acids is 1. The fourth-order valence-corrected chi connectivity index (χ4v) is 2.38. The molecule has 0 aliphatic rings.